The van der Waals surface area contributed by atoms with Gasteiger partial charge in [0.1, 0.15) is 0 Å². The average Bonchev–Trinajstić information content (AvgIpc) is 2.78. The molecule has 0 atom stereocenters. The summed E-state index contributed by atoms with van der Waals surface area (Å²) in [6, 6.07) is 8.54. The summed E-state index contributed by atoms with van der Waals surface area (Å²) in [4.78, 5) is 8.46. The Bertz CT molecular complexity index is 732. The van der Waals surface area contributed by atoms with E-state index in [0.29, 0.717) is 0 Å². The van der Waals surface area contributed by atoms with E-state index in [1.54, 1.807) is 0 Å². The number of pyridine rings is 2. The van der Waals surface area contributed by atoms with E-state index in [-0.39, 0.29) is 0 Å². The lowest BCUT2D eigenvalue weighted by Gasteiger charge is -2.04. The summed E-state index contributed by atoms with van der Waals surface area (Å²) in [5.41, 5.74) is 5.34. The van der Waals surface area contributed by atoms with Gasteiger partial charge < -0.3 is 0 Å². The monoisotopic (exact) mass is 218 g/mol. The van der Waals surface area contributed by atoms with Crippen molar-refractivity contribution in [3.8, 4) is 11.1 Å². The van der Waals surface area contributed by atoms with E-state index in [1.807, 2.05) is 24.8 Å². The summed E-state index contributed by atoms with van der Waals surface area (Å²) in [6.07, 6.45) is 8.64. The van der Waals surface area contributed by atoms with Crippen molar-refractivity contribution in [3.63, 3.8) is 0 Å². The zero-order chi connectivity index (χ0) is 11.2. The number of aromatic nitrogens is 2. The highest BCUT2D eigenvalue weighted by Gasteiger charge is 2.19. The number of benzene rings is 1. The first-order chi connectivity index (χ1) is 8.43. The van der Waals surface area contributed by atoms with Crippen LogP contribution >= 0.6 is 0 Å². The Balaban J connectivity index is 2.11. The maximum Gasteiger partial charge on any atom is 0.0349 e. The highest BCUT2D eigenvalue weighted by molar-refractivity contribution is 5.94. The van der Waals surface area contributed by atoms with Gasteiger partial charge in [-0.2, -0.15) is 0 Å². The molecule has 80 valence electrons. The largest absolute Gasteiger partial charge is 0.264 e. The van der Waals surface area contributed by atoms with Crippen LogP contribution in [0.5, 0.6) is 0 Å². The molecule has 17 heavy (non-hydrogen) atoms. The van der Waals surface area contributed by atoms with Crippen molar-refractivity contribution in [1.82, 2.24) is 9.97 Å². The Morgan fingerprint density at radius 2 is 1.71 bits per heavy atom. The summed E-state index contributed by atoms with van der Waals surface area (Å²) in [7, 11) is 0. The van der Waals surface area contributed by atoms with Crippen molar-refractivity contribution < 1.29 is 0 Å². The van der Waals surface area contributed by atoms with E-state index in [4.69, 9.17) is 0 Å². The molecule has 0 fully saturated rings. The zero-order valence-electron chi connectivity index (χ0n) is 9.22. The van der Waals surface area contributed by atoms with Crippen molar-refractivity contribution in [2.24, 2.45) is 0 Å². The molecule has 0 N–H and O–H groups in total. The highest BCUT2D eigenvalue weighted by atomic mass is 14.6. The van der Waals surface area contributed by atoms with E-state index in [0.717, 1.165) is 6.42 Å². The third-order valence-corrected chi connectivity index (χ3v) is 3.50. The maximum atomic E-state index is 4.24. The molecule has 0 unspecified atom stereocenters. The van der Waals surface area contributed by atoms with Gasteiger partial charge in [-0.1, -0.05) is 12.1 Å². The zero-order valence-corrected chi connectivity index (χ0v) is 9.22. The molecule has 1 aliphatic carbocycles. The van der Waals surface area contributed by atoms with Crippen LogP contribution in [-0.4, -0.2) is 9.97 Å². The number of hydrogen-bond donors (Lipinski definition) is 0. The van der Waals surface area contributed by atoms with Gasteiger partial charge in [-0.15, -0.1) is 0 Å². The molecule has 0 bridgehead atoms. The Labute approximate surface area is 99.0 Å². The molecule has 1 aliphatic rings. The average molecular weight is 218 g/mol. The van der Waals surface area contributed by atoms with Crippen molar-refractivity contribution in [1.29, 1.82) is 0 Å². The Kier molecular flexibility index (Phi) is 1.64. The fraction of sp³-hybridized carbons (Fsp3) is 0.0667. The molecule has 0 saturated heterocycles. The van der Waals surface area contributed by atoms with E-state index >= 15 is 0 Å². The summed E-state index contributed by atoms with van der Waals surface area (Å²) in [5, 5.41) is 2.53. The van der Waals surface area contributed by atoms with Crippen LogP contribution in [0.3, 0.4) is 0 Å². The lowest BCUT2D eigenvalue weighted by atomic mass is 10.0. The first-order valence-electron chi connectivity index (χ1n) is 5.72. The Morgan fingerprint density at radius 3 is 2.71 bits per heavy atom. The number of rotatable bonds is 0. The van der Waals surface area contributed by atoms with Gasteiger partial charge in [0, 0.05) is 35.7 Å². The van der Waals surface area contributed by atoms with Crippen LogP contribution in [0.15, 0.2) is 49.1 Å². The maximum absolute atomic E-state index is 4.24. The normalized spacial score (nSPS) is 12.5. The van der Waals surface area contributed by atoms with Crippen LogP contribution in [0.4, 0.5) is 0 Å². The third kappa shape index (κ3) is 1.15. The van der Waals surface area contributed by atoms with Crippen molar-refractivity contribution in [2.45, 2.75) is 6.42 Å². The Morgan fingerprint density at radius 1 is 0.824 bits per heavy atom. The summed E-state index contributed by atoms with van der Waals surface area (Å²) in [5.74, 6) is 0. The van der Waals surface area contributed by atoms with Gasteiger partial charge in [-0.25, -0.2) is 0 Å². The third-order valence-electron chi connectivity index (χ3n) is 3.50. The van der Waals surface area contributed by atoms with Gasteiger partial charge in [-0.05, 0) is 40.6 Å². The minimum absolute atomic E-state index is 0.996. The van der Waals surface area contributed by atoms with E-state index < -0.39 is 0 Å². The molecular weight excluding hydrogens is 208 g/mol. The van der Waals surface area contributed by atoms with E-state index in [2.05, 4.69) is 34.2 Å². The summed E-state index contributed by atoms with van der Waals surface area (Å²) in [6.45, 7) is 0. The molecule has 2 aromatic heterocycles. The molecule has 2 heteroatoms. The number of hydrogen-bond acceptors (Lipinski definition) is 2. The van der Waals surface area contributed by atoms with Gasteiger partial charge in [0.05, 0.1) is 0 Å². The van der Waals surface area contributed by atoms with Crippen LogP contribution in [0, 0.1) is 0 Å². The molecule has 2 heterocycles. The Hall–Kier alpha value is -2.22. The van der Waals surface area contributed by atoms with Crippen LogP contribution in [0.2, 0.25) is 0 Å². The molecule has 0 radical (unpaired) electrons. The molecule has 0 aliphatic heterocycles. The van der Waals surface area contributed by atoms with Gasteiger partial charge >= 0.3 is 0 Å². The van der Waals surface area contributed by atoms with Crippen molar-refractivity contribution >= 4 is 10.8 Å². The predicted molar refractivity (Wildman–Crippen MR) is 67.8 cm³/mol. The van der Waals surface area contributed by atoms with Gasteiger partial charge in [-0.3, -0.25) is 9.97 Å². The van der Waals surface area contributed by atoms with Gasteiger partial charge in [0.2, 0.25) is 0 Å². The van der Waals surface area contributed by atoms with Crippen LogP contribution < -0.4 is 0 Å². The smallest absolute Gasteiger partial charge is 0.0349 e. The van der Waals surface area contributed by atoms with E-state index in [9.17, 15) is 0 Å². The molecule has 4 rings (SSSR count). The number of nitrogens with zero attached hydrogens (tertiary/aromatic N) is 2. The molecule has 2 nitrogen and oxygen atoms in total. The molecule has 0 spiro atoms. The SMILES string of the molecule is c1cc2c(cn1)-c1ccc3ccncc3c1C2. The fourth-order valence-electron chi connectivity index (χ4n) is 2.67. The minimum Gasteiger partial charge on any atom is -0.264 e. The molecule has 0 amide bonds. The second kappa shape index (κ2) is 3.14. The van der Waals surface area contributed by atoms with Gasteiger partial charge in [0.15, 0.2) is 0 Å². The van der Waals surface area contributed by atoms with Gasteiger partial charge in [0.25, 0.3) is 0 Å². The van der Waals surface area contributed by atoms with Crippen LogP contribution in [0.25, 0.3) is 21.9 Å². The topological polar surface area (TPSA) is 25.8 Å². The molecule has 1 aromatic carbocycles. The fourth-order valence-corrected chi connectivity index (χ4v) is 2.67. The standard InChI is InChI=1S/C15H10N2/c1-2-12-13(14-8-16-5-3-10(1)14)7-11-4-6-17-9-15(11)12/h1-6,8-9H,7H2. The summed E-state index contributed by atoms with van der Waals surface area (Å²) < 4.78 is 0. The first kappa shape index (κ1) is 8.88. The molecule has 0 saturated carbocycles. The lowest BCUT2D eigenvalue weighted by molar-refractivity contribution is 1.23. The van der Waals surface area contributed by atoms with Crippen LogP contribution in [0.1, 0.15) is 11.1 Å². The van der Waals surface area contributed by atoms with E-state index in [1.165, 1.54) is 33.0 Å². The summed E-state index contributed by atoms with van der Waals surface area (Å²) >= 11 is 0. The first-order valence-corrected chi connectivity index (χ1v) is 5.72. The second-order valence-corrected chi connectivity index (χ2v) is 4.40. The van der Waals surface area contributed by atoms with Crippen molar-refractivity contribution in [3.05, 3.63) is 60.2 Å². The quantitative estimate of drug-likeness (QED) is 0.453. The molecular formula is C15H10N2. The highest BCUT2D eigenvalue weighted by Crippen LogP contribution is 2.39. The predicted octanol–water partition coefficient (Wildman–Crippen LogP) is 3.20. The lowest BCUT2D eigenvalue weighted by Crippen LogP contribution is -1.84. The van der Waals surface area contributed by atoms with Crippen LogP contribution in [-0.2, 0) is 6.42 Å². The minimum atomic E-state index is 0.996. The molecule has 3 aromatic rings. The van der Waals surface area contributed by atoms with Crippen molar-refractivity contribution in [2.75, 3.05) is 0 Å². The second-order valence-electron chi connectivity index (χ2n) is 4.40. The number of fused-ring (bicyclic) bond motifs is 5.